The Bertz CT molecular complexity index is 1550. The third-order valence-electron chi connectivity index (χ3n) is 6.28. The van der Waals surface area contributed by atoms with Gasteiger partial charge in [0.2, 0.25) is 0 Å². The molecule has 0 aliphatic rings. The monoisotopic (exact) mass is 707 g/mol. The summed E-state index contributed by atoms with van der Waals surface area (Å²) in [6.45, 7) is 12.3. The smallest absolute Gasteiger partial charge is 0.255 e. The predicted molar refractivity (Wildman–Crippen MR) is 171 cm³/mol. The Kier molecular flexibility index (Phi) is 16.0. The van der Waals surface area contributed by atoms with Gasteiger partial charge in [-0.1, -0.05) is 0 Å². The summed E-state index contributed by atoms with van der Waals surface area (Å²) < 4.78 is 34.0. The quantitative estimate of drug-likeness (QED) is 0.248. The SMILES string of the molecule is Cc1ccnc(-c2cc(C)ccn2)c1.Cc1ccnc(-c2cc(C)ccn2)c1.Cc1ccnc(-c2cc(C)ccn2)c1.[Fe+2].[O-][Cl+3]([O-])([O-])[O-]. The van der Waals surface area contributed by atoms with Crippen LogP contribution in [0.3, 0.4) is 0 Å². The summed E-state index contributed by atoms with van der Waals surface area (Å²) in [5.41, 5.74) is 12.9. The molecule has 0 bridgehead atoms. The number of hydrogen-bond donors (Lipinski definition) is 0. The molecule has 0 fully saturated rings. The van der Waals surface area contributed by atoms with Gasteiger partial charge in [0.1, 0.15) is 0 Å². The third-order valence-corrected chi connectivity index (χ3v) is 6.28. The van der Waals surface area contributed by atoms with Crippen LogP contribution >= 0.6 is 0 Å². The zero-order chi connectivity index (χ0) is 34.4. The Morgan fingerprint density at radius 2 is 0.458 bits per heavy atom. The van der Waals surface area contributed by atoms with Crippen molar-refractivity contribution < 1.29 is 45.9 Å². The summed E-state index contributed by atoms with van der Waals surface area (Å²) in [4.78, 5) is 25.7. The van der Waals surface area contributed by atoms with Crippen LogP contribution in [0.15, 0.2) is 110 Å². The fourth-order valence-electron chi connectivity index (χ4n) is 4.06. The average Bonchev–Trinajstić information content (AvgIpc) is 3.01. The molecule has 0 atom stereocenters. The van der Waals surface area contributed by atoms with Crippen molar-refractivity contribution in [2.75, 3.05) is 0 Å². The number of pyridine rings is 6. The second-order valence-electron chi connectivity index (χ2n) is 10.7. The summed E-state index contributed by atoms with van der Waals surface area (Å²) in [7, 11) is -4.94. The number of rotatable bonds is 3. The predicted octanol–water partition coefficient (Wildman–Crippen LogP) is 3.52. The normalized spacial score (nSPS) is 10.1. The van der Waals surface area contributed by atoms with Gasteiger partial charge in [-0.05, 0) is 148 Å². The molecule has 48 heavy (non-hydrogen) atoms. The van der Waals surface area contributed by atoms with Crippen molar-refractivity contribution in [2.45, 2.75) is 41.5 Å². The first kappa shape index (κ1) is 39.7. The fraction of sp³-hybridized carbons (Fsp3) is 0.167. The molecule has 6 aromatic heterocycles. The molecule has 0 aromatic carbocycles. The number of aromatic nitrogens is 6. The molecule has 10 nitrogen and oxygen atoms in total. The van der Waals surface area contributed by atoms with Crippen LogP contribution in [0.5, 0.6) is 0 Å². The summed E-state index contributed by atoms with van der Waals surface area (Å²) in [5, 5.41) is 0. The standard InChI is InChI=1S/3C12H12N2.ClHO4.Fe/c3*1-9-3-5-13-11(7-9)12-8-10(2)4-6-14-12;2-1(3,4)5;/h3*3-8H,1-2H3;(H,2,3,4,5);/q;;;;+2/p-1. The van der Waals surface area contributed by atoms with Gasteiger partial charge in [-0.3, -0.25) is 29.9 Å². The van der Waals surface area contributed by atoms with Crippen LogP contribution < -0.4 is 18.6 Å². The zero-order valence-corrected chi connectivity index (χ0v) is 29.3. The maximum absolute atomic E-state index is 8.49. The Hall–Kier alpha value is -4.45. The molecule has 0 saturated carbocycles. The number of halogens is 1. The summed E-state index contributed by atoms with van der Waals surface area (Å²) in [5.74, 6) is 0. The van der Waals surface area contributed by atoms with Crippen molar-refractivity contribution in [3.63, 3.8) is 0 Å². The van der Waals surface area contributed by atoms with Crippen LogP contribution in [0.2, 0.25) is 0 Å². The maximum Gasteiger partial charge on any atom is 2.00 e. The molecule has 0 N–H and O–H groups in total. The van der Waals surface area contributed by atoms with E-state index in [4.69, 9.17) is 18.6 Å². The Labute approximate surface area is 293 Å². The van der Waals surface area contributed by atoms with E-state index in [9.17, 15) is 0 Å². The van der Waals surface area contributed by atoms with Gasteiger partial charge in [0, 0.05) is 37.2 Å². The Morgan fingerprint density at radius 3 is 0.562 bits per heavy atom. The molecule has 0 aliphatic heterocycles. The van der Waals surface area contributed by atoms with Crippen molar-refractivity contribution in [2.24, 2.45) is 0 Å². The van der Waals surface area contributed by atoms with Crippen molar-refractivity contribution in [3.05, 3.63) is 143 Å². The molecule has 6 heterocycles. The van der Waals surface area contributed by atoms with Gasteiger partial charge in [-0.15, -0.1) is 10.2 Å². The van der Waals surface area contributed by atoms with E-state index >= 15 is 0 Å². The summed E-state index contributed by atoms with van der Waals surface area (Å²) in [6, 6.07) is 24.2. The van der Waals surface area contributed by atoms with E-state index in [1.54, 1.807) is 0 Å². The van der Waals surface area contributed by atoms with Crippen LogP contribution in [0.1, 0.15) is 33.4 Å². The van der Waals surface area contributed by atoms with Crippen LogP contribution in [0, 0.1) is 51.8 Å². The molecule has 6 rings (SSSR count). The topological polar surface area (TPSA) is 170 Å². The average molecular weight is 708 g/mol. The van der Waals surface area contributed by atoms with Gasteiger partial charge in [-0.25, -0.2) is 18.6 Å². The molecule has 248 valence electrons. The van der Waals surface area contributed by atoms with Crippen molar-refractivity contribution in [1.82, 2.24) is 29.9 Å². The summed E-state index contributed by atoms with van der Waals surface area (Å²) >= 11 is 0. The van der Waals surface area contributed by atoms with E-state index in [0.717, 1.165) is 34.2 Å². The minimum absolute atomic E-state index is 0. The molecule has 0 saturated heterocycles. The number of hydrogen-bond acceptors (Lipinski definition) is 10. The number of aryl methyl sites for hydroxylation is 6. The first-order chi connectivity index (χ1) is 22.3. The van der Waals surface area contributed by atoms with Crippen LogP contribution in [0.25, 0.3) is 34.2 Å². The number of nitrogens with zero attached hydrogens (tertiary/aromatic N) is 6. The summed E-state index contributed by atoms with van der Waals surface area (Å²) in [6.07, 6.45) is 10.9. The second-order valence-corrected chi connectivity index (χ2v) is 11.4. The van der Waals surface area contributed by atoms with Gasteiger partial charge in [-0.2, -0.15) is 0 Å². The molecule has 12 heteroatoms. The van der Waals surface area contributed by atoms with E-state index in [-0.39, 0.29) is 17.1 Å². The molecule has 6 aromatic rings. The van der Waals surface area contributed by atoms with Gasteiger partial charge in [0.15, 0.2) is 0 Å². The Balaban J connectivity index is 0.000000231. The van der Waals surface area contributed by atoms with Crippen LogP contribution in [0.4, 0.5) is 0 Å². The van der Waals surface area contributed by atoms with Crippen molar-refractivity contribution >= 4 is 0 Å². The van der Waals surface area contributed by atoms with E-state index < -0.39 is 10.2 Å². The zero-order valence-electron chi connectivity index (χ0n) is 27.4. The fourth-order valence-corrected chi connectivity index (χ4v) is 4.06. The van der Waals surface area contributed by atoms with Crippen LogP contribution in [-0.4, -0.2) is 29.9 Å². The van der Waals surface area contributed by atoms with Gasteiger partial charge < -0.3 is 0 Å². The molecule has 0 aliphatic carbocycles. The van der Waals surface area contributed by atoms with E-state index in [1.807, 2.05) is 110 Å². The molecule has 0 unspecified atom stereocenters. The first-order valence-corrected chi connectivity index (χ1v) is 15.7. The van der Waals surface area contributed by atoms with Gasteiger partial charge in [0.05, 0.1) is 34.2 Å². The first-order valence-electron chi connectivity index (χ1n) is 14.5. The van der Waals surface area contributed by atoms with Crippen molar-refractivity contribution in [3.8, 4) is 34.2 Å². The van der Waals surface area contributed by atoms with Gasteiger partial charge >= 0.3 is 17.1 Å². The van der Waals surface area contributed by atoms with Crippen molar-refractivity contribution in [1.29, 1.82) is 0 Å². The van der Waals surface area contributed by atoms with E-state index in [2.05, 4.69) is 71.4 Å². The van der Waals surface area contributed by atoms with E-state index in [1.165, 1.54) is 33.4 Å². The molecular weight excluding hydrogens is 672 g/mol. The largest absolute Gasteiger partial charge is 2.00 e. The minimum Gasteiger partial charge on any atom is -0.255 e. The van der Waals surface area contributed by atoms with Crippen LogP contribution in [-0.2, 0) is 17.1 Å². The molecule has 0 amide bonds. The molecular formula is C36H36ClFeN6O4+. The minimum atomic E-state index is -4.94. The maximum atomic E-state index is 8.49. The second kappa shape index (κ2) is 19.4. The molecule has 0 spiro atoms. The van der Waals surface area contributed by atoms with Gasteiger partial charge in [0.25, 0.3) is 0 Å². The Morgan fingerprint density at radius 1 is 0.333 bits per heavy atom. The molecule has 0 radical (unpaired) electrons. The van der Waals surface area contributed by atoms with E-state index in [0.29, 0.717) is 0 Å². The third kappa shape index (κ3) is 15.0.